The third-order valence-corrected chi connectivity index (χ3v) is 5.66. The van der Waals surface area contributed by atoms with Crippen LogP contribution in [-0.2, 0) is 10.0 Å². The molecule has 0 aliphatic heterocycles. The molecule has 0 amide bonds. The molecular formula is C12H16BrNO5S. The lowest BCUT2D eigenvalue weighted by atomic mass is 10.1. The van der Waals surface area contributed by atoms with Crippen molar-refractivity contribution in [1.82, 2.24) is 4.31 Å². The third-order valence-electron chi connectivity index (χ3n) is 2.89. The van der Waals surface area contributed by atoms with Crippen LogP contribution in [0.1, 0.15) is 22.8 Å². The van der Waals surface area contributed by atoms with Gasteiger partial charge in [0.1, 0.15) is 0 Å². The Morgan fingerprint density at radius 3 is 2.45 bits per heavy atom. The van der Waals surface area contributed by atoms with Gasteiger partial charge in [-0.15, -0.1) is 0 Å². The predicted molar refractivity (Wildman–Crippen MR) is 77.4 cm³/mol. The Morgan fingerprint density at radius 2 is 2.00 bits per heavy atom. The van der Waals surface area contributed by atoms with Gasteiger partial charge in [0.25, 0.3) is 0 Å². The van der Waals surface area contributed by atoms with Crippen molar-refractivity contribution >= 4 is 31.9 Å². The number of aromatic carboxylic acids is 1. The average Bonchev–Trinajstić information content (AvgIpc) is 2.38. The first-order valence-electron chi connectivity index (χ1n) is 5.90. The van der Waals surface area contributed by atoms with E-state index in [0.29, 0.717) is 10.0 Å². The van der Waals surface area contributed by atoms with Gasteiger partial charge in [-0.1, -0.05) is 22.9 Å². The molecule has 2 N–H and O–H groups in total. The topological polar surface area (TPSA) is 94.9 Å². The summed E-state index contributed by atoms with van der Waals surface area (Å²) in [5.41, 5.74) is 0.389. The summed E-state index contributed by atoms with van der Waals surface area (Å²) in [4.78, 5) is 11.0. The number of benzene rings is 1. The Kier molecular flexibility index (Phi) is 5.69. The van der Waals surface area contributed by atoms with Gasteiger partial charge in [-0.2, -0.15) is 4.31 Å². The van der Waals surface area contributed by atoms with E-state index in [1.165, 1.54) is 6.07 Å². The summed E-state index contributed by atoms with van der Waals surface area (Å²) in [7, 11) is -3.83. The molecule has 0 aromatic heterocycles. The van der Waals surface area contributed by atoms with Crippen LogP contribution in [0, 0.1) is 6.92 Å². The number of carboxylic acid groups (broad SMARTS) is 1. The number of carboxylic acids is 1. The monoisotopic (exact) mass is 365 g/mol. The SMILES string of the molecule is CCN(CCO)S(=O)(=O)c1cc(Br)c(C)c(C(=O)O)c1. The van der Waals surface area contributed by atoms with E-state index in [-0.39, 0.29) is 30.2 Å². The minimum absolute atomic E-state index is 0.0350. The van der Waals surface area contributed by atoms with Crippen molar-refractivity contribution in [2.45, 2.75) is 18.7 Å². The summed E-state index contributed by atoms with van der Waals surface area (Å²) < 4.78 is 26.3. The third kappa shape index (κ3) is 3.38. The van der Waals surface area contributed by atoms with Crippen molar-refractivity contribution in [3.63, 3.8) is 0 Å². The Labute approximate surface area is 126 Å². The molecule has 1 aromatic carbocycles. The van der Waals surface area contributed by atoms with Crippen molar-refractivity contribution in [2.24, 2.45) is 0 Å². The highest BCUT2D eigenvalue weighted by molar-refractivity contribution is 9.10. The second kappa shape index (κ2) is 6.66. The molecule has 0 aliphatic carbocycles. The van der Waals surface area contributed by atoms with Gasteiger partial charge in [0, 0.05) is 17.6 Å². The van der Waals surface area contributed by atoms with Gasteiger partial charge in [-0.05, 0) is 24.6 Å². The number of aliphatic hydroxyl groups excluding tert-OH is 1. The lowest BCUT2D eigenvalue weighted by molar-refractivity contribution is 0.0695. The van der Waals surface area contributed by atoms with Crippen LogP contribution in [0.15, 0.2) is 21.5 Å². The lowest BCUT2D eigenvalue weighted by Gasteiger charge is -2.20. The molecule has 0 saturated carbocycles. The smallest absolute Gasteiger partial charge is 0.336 e. The highest BCUT2D eigenvalue weighted by atomic mass is 79.9. The summed E-state index contributed by atoms with van der Waals surface area (Å²) in [6.07, 6.45) is 0. The minimum atomic E-state index is -3.83. The molecule has 0 atom stereocenters. The Bertz CT molecular complexity index is 615. The van der Waals surface area contributed by atoms with Crippen LogP contribution in [0.25, 0.3) is 0 Å². The van der Waals surface area contributed by atoms with Crippen molar-refractivity contribution in [1.29, 1.82) is 0 Å². The van der Waals surface area contributed by atoms with Gasteiger partial charge in [-0.25, -0.2) is 13.2 Å². The molecule has 6 nitrogen and oxygen atoms in total. The molecule has 0 radical (unpaired) electrons. The number of aliphatic hydroxyl groups is 1. The maximum absolute atomic E-state index is 12.4. The summed E-state index contributed by atoms with van der Waals surface area (Å²) in [6.45, 7) is 3.10. The molecular weight excluding hydrogens is 350 g/mol. The van der Waals surface area contributed by atoms with E-state index < -0.39 is 16.0 Å². The summed E-state index contributed by atoms with van der Waals surface area (Å²) >= 11 is 3.17. The van der Waals surface area contributed by atoms with Crippen LogP contribution in [0.2, 0.25) is 0 Å². The summed E-state index contributed by atoms with van der Waals surface area (Å²) in [5, 5.41) is 18.0. The first kappa shape index (κ1) is 17.1. The van der Waals surface area contributed by atoms with Crippen LogP contribution in [-0.4, -0.2) is 48.6 Å². The summed E-state index contributed by atoms with van der Waals surface area (Å²) in [5.74, 6) is -1.19. The van der Waals surface area contributed by atoms with Gasteiger partial charge in [0.2, 0.25) is 10.0 Å². The largest absolute Gasteiger partial charge is 0.478 e. The molecule has 1 rings (SSSR count). The first-order chi connectivity index (χ1) is 9.25. The van der Waals surface area contributed by atoms with Crippen molar-refractivity contribution in [2.75, 3.05) is 19.7 Å². The van der Waals surface area contributed by atoms with E-state index in [4.69, 9.17) is 10.2 Å². The second-order valence-corrected chi connectivity index (χ2v) is 6.90. The fraction of sp³-hybridized carbons (Fsp3) is 0.417. The fourth-order valence-electron chi connectivity index (χ4n) is 1.73. The van der Waals surface area contributed by atoms with Gasteiger partial charge in [0.15, 0.2) is 0 Å². The number of carbonyl (C=O) groups is 1. The number of hydrogen-bond acceptors (Lipinski definition) is 4. The van der Waals surface area contributed by atoms with Crippen molar-refractivity contribution in [3.05, 3.63) is 27.7 Å². The van der Waals surface area contributed by atoms with E-state index >= 15 is 0 Å². The van der Waals surface area contributed by atoms with Crippen LogP contribution in [0.5, 0.6) is 0 Å². The zero-order valence-electron chi connectivity index (χ0n) is 11.1. The minimum Gasteiger partial charge on any atom is -0.478 e. The van der Waals surface area contributed by atoms with E-state index in [0.717, 1.165) is 10.4 Å². The number of halogens is 1. The standard InChI is InChI=1S/C12H16BrNO5S/c1-3-14(4-5-15)20(18,19)9-6-10(12(16)17)8(2)11(13)7-9/h6-7,15H,3-5H2,1-2H3,(H,16,17). The number of nitrogens with zero attached hydrogens (tertiary/aromatic N) is 1. The average molecular weight is 366 g/mol. The zero-order chi connectivity index (χ0) is 15.5. The van der Waals surface area contributed by atoms with Gasteiger partial charge >= 0.3 is 5.97 Å². The molecule has 0 bridgehead atoms. The Hall–Kier alpha value is -0.960. The molecule has 0 fully saturated rings. The molecule has 0 aliphatic rings. The molecule has 20 heavy (non-hydrogen) atoms. The molecule has 1 aromatic rings. The lowest BCUT2D eigenvalue weighted by Crippen LogP contribution is -2.33. The highest BCUT2D eigenvalue weighted by Gasteiger charge is 2.25. The molecule has 0 spiro atoms. The van der Waals surface area contributed by atoms with Crippen LogP contribution >= 0.6 is 15.9 Å². The first-order valence-corrected chi connectivity index (χ1v) is 8.13. The van der Waals surface area contributed by atoms with E-state index in [1.807, 2.05) is 0 Å². The number of likely N-dealkylation sites (N-methyl/N-ethyl adjacent to an activating group) is 1. The Morgan fingerprint density at radius 1 is 1.40 bits per heavy atom. The fourth-order valence-corrected chi connectivity index (χ4v) is 3.84. The number of rotatable bonds is 6. The molecule has 0 unspecified atom stereocenters. The van der Waals surface area contributed by atoms with Crippen LogP contribution in [0.3, 0.4) is 0 Å². The summed E-state index contributed by atoms with van der Waals surface area (Å²) in [6, 6.07) is 2.51. The molecule has 0 saturated heterocycles. The van der Waals surface area contributed by atoms with Crippen molar-refractivity contribution in [3.8, 4) is 0 Å². The van der Waals surface area contributed by atoms with Gasteiger partial charge in [-0.3, -0.25) is 0 Å². The second-order valence-electron chi connectivity index (χ2n) is 4.10. The molecule has 8 heteroatoms. The predicted octanol–water partition coefficient (Wildman–Crippen LogP) is 1.46. The van der Waals surface area contributed by atoms with Crippen LogP contribution < -0.4 is 0 Å². The molecule has 112 valence electrons. The van der Waals surface area contributed by atoms with Crippen molar-refractivity contribution < 1.29 is 23.4 Å². The van der Waals surface area contributed by atoms with Gasteiger partial charge < -0.3 is 10.2 Å². The maximum Gasteiger partial charge on any atom is 0.336 e. The van der Waals surface area contributed by atoms with E-state index in [1.54, 1.807) is 13.8 Å². The van der Waals surface area contributed by atoms with Gasteiger partial charge in [0.05, 0.1) is 17.1 Å². The van der Waals surface area contributed by atoms with E-state index in [2.05, 4.69) is 15.9 Å². The number of sulfonamides is 1. The number of hydrogen-bond donors (Lipinski definition) is 2. The Balaban J connectivity index is 3.43. The quantitative estimate of drug-likeness (QED) is 0.795. The van der Waals surface area contributed by atoms with Crippen LogP contribution in [0.4, 0.5) is 0 Å². The van der Waals surface area contributed by atoms with E-state index in [9.17, 15) is 13.2 Å². The highest BCUT2D eigenvalue weighted by Crippen LogP contribution is 2.26. The zero-order valence-corrected chi connectivity index (χ0v) is 13.5. The maximum atomic E-state index is 12.4. The molecule has 0 heterocycles. The normalized spacial score (nSPS) is 11.8.